The van der Waals surface area contributed by atoms with Gasteiger partial charge in [0.2, 0.25) is 0 Å². The molecule has 0 fully saturated rings. The lowest BCUT2D eigenvalue weighted by Gasteiger charge is -2.25. The van der Waals surface area contributed by atoms with Crippen molar-refractivity contribution in [2.24, 2.45) is 5.73 Å². The summed E-state index contributed by atoms with van der Waals surface area (Å²) in [7, 11) is 2.15. The van der Waals surface area contributed by atoms with Crippen LogP contribution in [0.25, 0.3) is 0 Å². The predicted octanol–water partition coefficient (Wildman–Crippen LogP) is 1.38. The highest BCUT2D eigenvalue weighted by Gasteiger charge is 2.21. The summed E-state index contributed by atoms with van der Waals surface area (Å²) in [5.41, 5.74) is 9.48. The second kappa shape index (κ2) is 5.15. The van der Waals surface area contributed by atoms with Gasteiger partial charge in [0.05, 0.1) is 11.4 Å². The van der Waals surface area contributed by atoms with Crippen LogP contribution in [0, 0.1) is 0 Å². The number of imidazole rings is 1. The number of nitrogens with zero attached hydrogens (tertiary/aromatic N) is 3. The lowest BCUT2D eigenvalue weighted by Crippen LogP contribution is -2.31. The summed E-state index contributed by atoms with van der Waals surface area (Å²) in [6.07, 6.45) is 0.886. The van der Waals surface area contributed by atoms with Crippen molar-refractivity contribution >= 4 is 0 Å². The molecule has 0 bridgehead atoms. The summed E-state index contributed by atoms with van der Waals surface area (Å²) >= 11 is 0. The molecule has 1 aliphatic rings. The molecule has 0 radical (unpaired) electrons. The van der Waals surface area contributed by atoms with Crippen molar-refractivity contribution in [2.45, 2.75) is 26.1 Å². The van der Waals surface area contributed by atoms with Crippen LogP contribution in [0.1, 0.15) is 22.8 Å². The molecular formula is C15H20N4. The van der Waals surface area contributed by atoms with Gasteiger partial charge in [-0.1, -0.05) is 30.3 Å². The van der Waals surface area contributed by atoms with E-state index in [4.69, 9.17) is 10.7 Å². The van der Waals surface area contributed by atoms with Crippen LogP contribution in [-0.2, 0) is 26.1 Å². The number of hydrogen-bond acceptors (Lipinski definition) is 3. The second-order valence-corrected chi connectivity index (χ2v) is 5.18. The van der Waals surface area contributed by atoms with Gasteiger partial charge in [0.25, 0.3) is 0 Å². The molecular weight excluding hydrogens is 236 g/mol. The van der Waals surface area contributed by atoms with Gasteiger partial charge in [0, 0.05) is 32.6 Å². The number of rotatable bonds is 3. The van der Waals surface area contributed by atoms with E-state index in [1.54, 1.807) is 0 Å². The minimum Gasteiger partial charge on any atom is -0.329 e. The average Bonchev–Trinajstić information content (AvgIpc) is 2.77. The third-order valence-corrected chi connectivity index (χ3v) is 3.76. The lowest BCUT2D eigenvalue weighted by molar-refractivity contribution is 0.266. The molecule has 3 rings (SSSR count). The van der Waals surface area contributed by atoms with E-state index in [0.717, 1.165) is 37.6 Å². The molecule has 0 atom stereocenters. The Balaban J connectivity index is 1.94. The summed E-state index contributed by atoms with van der Waals surface area (Å²) in [4.78, 5) is 7.07. The van der Waals surface area contributed by atoms with E-state index >= 15 is 0 Å². The Bertz CT molecular complexity index is 559. The van der Waals surface area contributed by atoms with Crippen LogP contribution in [0.3, 0.4) is 0 Å². The minimum atomic E-state index is 0.526. The van der Waals surface area contributed by atoms with Gasteiger partial charge in [-0.05, 0) is 12.6 Å². The maximum atomic E-state index is 5.83. The number of benzene rings is 1. The lowest BCUT2D eigenvalue weighted by atomic mass is 10.1. The van der Waals surface area contributed by atoms with Crippen LogP contribution in [0.2, 0.25) is 0 Å². The fraction of sp³-hybridized carbons (Fsp3) is 0.400. The molecule has 4 nitrogen and oxygen atoms in total. The molecule has 1 aromatic heterocycles. The van der Waals surface area contributed by atoms with Gasteiger partial charge >= 0.3 is 0 Å². The van der Waals surface area contributed by atoms with Crippen LogP contribution in [0.15, 0.2) is 30.3 Å². The van der Waals surface area contributed by atoms with Crippen LogP contribution >= 0.6 is 0 Å². The van der Waals surface area contributed by atoms with Gasteiger partial charge in [-0.2, -0.15) is 0 Å². The Morgan fingerprint density at radius 3 is 2.74 bits per heavy atom. The predicted molar refractivity (Wildman–Crippen MR) is 75.7 cm³/mol. The molecule has 4 heteroatoms. The van der Waals surface area contributed by atoms with Crippen LogP contribution < -0.4 is 5.73 Å². The normalized spacial score (nSPS) is 15.5. The monoisotopic (exact) mass is 256 g/mol. The maximum absolute atomic E-state index is 5.83. The van der Waals surface area contributed by atoms with Crippen molar-refractivity contribution in [3.63, 3.8) is 0 Å². The molecule has 2 N–H and O–H groups in total. The molecule has 0 amide bonds. The molecule has 2 aromatic rings. The highest BCUT2D eigenvalue weighted by molar-refractivity contribution is 5.24. The van der Waals surface area contributed by atoms with E-state index in [2.05, 4.69) is 40.8 Å². The number of likely N-dealkylation sites (N-methyl/N-ethyl adjacent to an activating group) is 1. The third-order valence-electron chi connectivity index (χ3n) is 3.76. The van der Waals surface area contributed by atoms with Crippen molar-refractivity contribution < 1.29 is 0 Å². The largest absolute Gasteiger partial charge is 0.329 e. The molecule has 0 saturated heterocycles. The first-order chi connectivity index (χ1) is 9.28. The Labute approximate surface area is 113 Å². The highest BCUT2D eigenvalue weighted by atomic mass is 15.2. The van der Waals surface area contributed by atoms with Crippen molar-refractivity contribution in [1.29, 1.82) is 0 Å². The minimum absolute atomic E-state index is 0.526. The Kier molecular flexibility index (Phi) is 3.36. The summed E-state index contributed by atoms with van der Waals surface area (Å²) in [6, 6.07) is 10.5. The second-order valence-electron chi connectivity index (χ2n) is 5.18. The number of aromatic nitrogens is 2. The van der Waals surface area contributed by atoms with E-state index in [1.807, 2.05) is 6.07 Å². The zero-order valence-corrected chi connectivity index (χ0v) is 11.3. The SMILES string of the molecule is CN1CCn2c(Cc3ccccc3)nc(CN)c2C1. The Hall–Kier alpha value is -1.65. The van der Waals surface area contributed by atoms with Crippen molar-refractivity contribution in [2.75, 3.05) is 13.6 Å². The summed E-state index contributed by atoms with van der Waals surface area (Å²) < 4.78 is 2.36. The van der Waals surface area contributed by atoms with Gasteiger partial charge in [0.15, 0.2) is 0 Å². The first-order valence-electron chi connectivity index (χ1n) is 6.77. The Morgan fingerprint density at radius 2 is 2.00 bits per heavy atom. The molecule has 2 heterocycles. The maximum Gasteiger partial charge on any atom is 0.113 e. The fourth-order valence-corrected chi connectivity index (χ4v) is 2.72. The van der Waals surface area contributed by atoms with Gasteiger partial charge in [-0.15, -0.1) is 0 Å². The van der Waals surface area contributed by atoms with Gasteiger partial charge in [0.1, 0.15) is 5.82 Å². The first kappa shape index (κ1) is 12.4. The number of fused-ring (bicyclic) bond motifs is 1. The highest BCUT2D eigenvalue weighted by Crippen LogP contribution is 2.20. The molecule has 100 valence electrons. The average molecular weight is 256 g/mol. The number of hydrogen-bond donors (Lipinski definition) is 1. The molecule has 1 aliphatic heterocycles. The van der Waals surface area contributed by atoms with Gasteiger partial charge in [-0.25, -0.2) is 4.98 Å². The van der Waals surface area contributed by atoms with Crippen LogP contribution in [0.5, 0.6) is 0 Å². The smallest absolute Gasteiger partial charge is 0.113 e. The Morgan fingerprint density at radius 1 is 1.21 bits per heavy atom. The molecule has 1 aromatic carbocycles. The van der Waals surface area contributed by atoms with E-state index in [1.165, 1.54) is 11.3 Å². The van der Waals surface area contributed by atoms with Gasteiger partial charge in [-0.3, -0.25) is 4.90 Å². The quantitative estimate of drug-likeness (QED) is 0.902. The van der Waals surface area contributed by atoms with E-state index < -0.39 is 0 Å². The summed E-state index contributed by atoms with van der Waals surface area (Å²) in [5, 5.41) is 0. The zero-order valence-electron chi connectivity index (χ0n) is 11.3. The molecule has 0 saturated carbocycles. The molecule has 0 aliphatic carbocycles. The van der Waals surface area contributed by atoms with E-state index in [9.17, 15) is 0 Å². The van der Waals surface area contributed by atoms with Crippen LogP contribution in [-0.4, -0.2) is 28.0 Å². The van der Waals surface area contributed by atoms with E-state index in [0.29, 0.717) is 6.54 Å². The van der Waals surface area contributed by atoms with Crippen molar-refractivity contribution in [1.82, 2.24) is 14.5 Å². The third kappa shape index (κ3) is 2.41. The first-order valence-corrected chi connectivity index (χ1v) is 6.77. The molecule has 0 spiro atoms. The topological polar surface area (TPSA) is 47.1 Å². The molecule has 0 unspecified atom stereocenters. The molecule has 19 heavy (non-hydrogen) atoms. The van der Waals surface area contributed by atoms with E-state index in [-0.39, 0.29) is 0 Å². The summed E-state index contributed by atoms with van der Waals surface area (Å²) in [5.74, 6) is 1.15. The van der Waals surface area contributed by atoms with Crippen molar-refractivity contribution in [3.05, 3.63) is 53.1 Å². The van der Waals surface area contributed by atoms with Crippen LogP contribution in [0.4, 0.5) is 0 Å². The van der Waals surface area contributed by atoms with Gasteiger partial charge < -0.3 is 10.3 Å². The standard InChI is InChI=1S/C15H20N4/c1-18-7-8-19-14(11-18)13(10-16)17-15(19)9-12-5-3-2-4-6-12/h2-6H,7-11,16H2,1H3. The zero-order chi connectivity index (χ0) is 13.2. The van der Waals surface area contributed by atoms with Crippen molar-refractivity contribution in [3.8, 4) is 0 Å². The number of nitrogens with two attached hydrogens (primary N) is 1. The fourth-order valence-electron chi connectivity index (χ4n) is 2.72. The summed E-state index contributed by atoms with van der Waals surface area (Å²) in [6.45, 7) is 3.57.